The topological polar surface area (TPSA) is 89.4 Å². The molecule has 1 aliphatic rings. The average Bonchev–Trinajstić information content (AvgIpc) is 3.08. The van der Waals surface area contributed by atoms with E-state index in [1.54, 1.807) is 25.8 Å². The highest BCUT2D eigenvalue weighted by molar-refractivity contribution is 6.03. The minimum atomic E-state index is -0.232. The van der Waals surface area contributed by atoms with Crippen molar-refractivity contribution in [2.24, 2.45) is 0 Å². The highest BCUT2D eigenvalue weighted by Gasteiger charge is 2.29. The van der Waals surface area contributed by atoms with Gasteiger partial charge in [0.05, 0.1) is 5.56 Å². The van der Waals surface area contributed by atoms with E-state index in [2.05, 4.69) is 10.1 Å². The molecule has 0 radical (unpaired) electrons. The number of fused-ring (bicyclic) bond motifs is 1. The first-order chi connectivity index (χ1) is 11.0. The van der Waals surface area contributed by atoms with E-state index in [9.17, 15) is 9.59 Å². The minimum Gasteiger partial charge on any atom is -0.455 e. The molecule has 0 spiro atoms. The highest BCUT2D eigenvalue weighted by Crippen LogP contribution is 2.29. The van der Waals surface area contributed by atoms with Gasteiger partial charge in [0.2, 0.25) is 5.89 Å². The van der Waals surface area contributed by atoms with Crippen LogP contribution in [-0.4, -0.2) is 40.3 Å². The van der Waals surface area contributed by atoms with Gasteiger partial charge in [-0.1, -0.05) is 5.16 Å². The second-order valence-corrected chi connectivity index (χ2v) is 5.84. The van der Waals surface area contributed by atoms with Gasteiger partial charge in [-0.2, -0.15) is 4.98 Å². The van der Waals surface area contributed by atoms with Gasteiger partial charge in [0, 0.05) is 45.3 Å². The van der Waals surface area contributed by atoms with E-state index in [1.165, 1.54) is 0 Å². The first-order valence-corrected chi connectivity index (χ1v) is 7.67. The monoisotopic (exact) mass is 317 g/mol. The lowest BCUT2D eigenvalue weighted by atomic mass is 9.94. The van der Waals surface area contributed by atoms with Gasteiger partial charge in [-0.3, -0.25) is 9.59 Å². The zero-order valence-electron chi connectivity index (χ0n) is 13.5. The summed E-state index contributed by atoms with van der Waals surface area (Å²) < 4.78 is 10.6. The third-order valence-corrected chi connectivity index (χ3v) is 4.09. The normalized spacial score (nSPS) is 14.0. The Balaban J connectivity index is 1.73. The summed E-state index contributed by atoms with van der Waals surface area (Å²) in [5.41, 5.74) is 1.25. The van der Waals surface area contributed by atoms with Crippen LogP contribution < -0.4 is 0 Å². The highest BCUT2D eigenvalue weighted by atomic mass is 16.5. The molecule has 0 aromatic carbocycles. The van der Waals surface area contributed by atoms with Crippen LogP contribution in [0, 0.1) is 13.8 Å². The maximum Gasteiger partial charge on any atom is 0.289 e. The number of hydrogen-bond donors (Lipinski definition) is 0. The molecule has 122 valence electrons. The lowest BCUT2D eigenvalue weighted by Crippen LogP contribution is -2.29. The summed E-state index contributed by atoms with van der Waals surface area (Å²) in [6.07, 6.45) is 2.51. The van der Waals surface area contributed by atoms with Crippen LogP contribution in [0.25, 0.3) is 0 Å². The third kappa shape index (κ3) is 2.91. The number of ketones is 1. The molecule has 0 saturated carbocycles. The molecule has 1 amide bonds. The van der Waals surface area contributed by atoms with Crippen molar-refractivity contribution in [3.05, 3.63) is 34.4 Å². The third-order valence-electron chi connectivity index (χ3n) is 4.09. The Bertz CT molecular complexity index is 759. The Kier molecular flexibility index (Phi) is 4.02. The molecular weight excluding hydrogens is 298 g/mol. The molecule has 1 aliphatic carbocycles. The predicted octanol–water partition coefficient (Wildman–Crippen LogP) is 2.11. The van der Waals surface area contributed by atoms with Crippen LogP contribution in [0.5, 0.6) is 0 Å². The van der Waals surface area contributed by atoms with Crippen molar-refractivity contribution in [3.63, 3.8) is 0 Å². The van der Waals surface area contributed by atoms with Crippen molar-refractivity contribution in [1.29, 1.82) is 0 Å². The number of carbonyl (C=O) groups is 2. The molecule has 0 N–H and O–H groups in total. The van der Waals surface area contributed by atoms with Crippen LogP contribution in [0.2, 0.25) is 0 Å². The molecule has 0 saturated heterocycles. The number of rotatable bonds is 4. The fourth-order valence-corrected chi connectivity index (χ4v) is 2.84. The average molecular weight is 317 g/mol. The Morgan fingerprint density at radius 1 is 1.30 bits per heavy atom. The largest absolute Gasteiger partial charge is 0.455 e. The van der Waals surface area contributed by atoms with E-state index in [-0.39, 0.29) is 17.5 Å². The predicted molar refractivity (Wildman–Crippen MR) is 80.4 cm³/mol. The number of carbonyl (C=O) groups excluding carboxylic acids is 2. The summed E-state index contributed by atoms with van der Waals surface area (Å²) in [5, 5.41) is 3.81. The van der Waals surface area contributed by atoms with Gasteiger partial charge in [-0.05, 0) is 13.3 Å². The number of aromatic nitrogens is 2. The number of nitrogens with zero attached hydrogens (tertiary/aromatic N) is 3. The zero-order chi connectivity index (χ0) is 16.6. The van der Waals surface area contributed by atoms with Crippen LogP contribution in [-0.2, 0) is 12.8 Å². The summed E-state index contributed by atoms with van der Waals surface area (Å²) in [6.45, 7) is 3.94. The maximum atomic E-state index is 12.6. The Morgan fingerprint density at radius 3 is 2.74 bits per heavy atom. The summed E-state index contributed by atoms with van der Waals surface area (Å²) in [4.78, 5) is 30.2. The van der Waals surface area contributed by atoms with Gasteiger partial charge in [-0.25, -0.2) is 0 Å². The molecule has 0 aliphatic heterocycles. The molecule has 2 heterocycles. The lowest BCUT2D eigenvalue weighted by molar-refractivity contribution is 0.0760. The molecule has 23 heavy (non-hydrogen) atoms. The first-order valence-electron chi connectivity index (χ1n) is 7.67. The van der Waals surface area contributed by atoms with E-state index >= 15 is 0 Å². The van der Waals surface area contributed by atoms with Gasteiger partial charge < -0.3 is 13.8 Å². The summed E-state index contributed by atoms with van der Waals surface area (Å²) >= 11 is 0. The molecule has 7 heteroatoms. The van der Waals surface area contributed by atoms with Crippen LogP contribution >= 0.6 is 0 Å². The van der Waals surface area contributed by atoms with E-state index < -0.39 is 0 Å². The Morgan fingerprint density at radius 2 is 2.09 bits per heavy atom. The molecule has 3 rings (SSSR count). The Hall–Kier alpha value is -2.44. The van der Waals surface area contributed by atoms with Gasteiger partial charge in [0.1, 0.15) is 5.76 Å². The van der Waals surface area contributed by atoms with Crippen molar-refractivity contribution < 1.29 is 18.5 Å². The summed E-state index contributed by atoms with van der Waals surface area (Å²) in [7, 11) is 1.69. The number of hydrogen-bond acceptors (Lipinski definition) is 6. The molecular formula is C16H19N3O4. The van der Waals surface area contributed by atoms with Crippen molar-refractivity contribution >= 4 is 11.7 Å². The second-order valence-electron chi connectivity index (χ2n) is 5.84. The maximum absolute atomic E-state index is 12.6. The van der Waals surface area contributed by atoms with E-state index in [4.69, 9.17) is 8.94 Å². The standard InChI is InChI=1S/C16H19N3O4/c1-9-14-11(20)5-4-6-12(14)22-15(9)16(21)19(3)8-7-13-17-10(2)23-18-13/h4-8H2,1-3H3. The smallest absolute Gasteiger partial charge is 0.289 e. The van der Waals surface area contributed by atoms with Crippen LogP contribution in [0.3, 0.4) is 0 Å². The van der Waals surface area contributed by atoms with Crippen molar-refractivity contribution in [3.8, 4) is 0 Å². The minimum absolute atomic E-state index is 0.0662. The number of amides is 1. The second kappa shape index (κ2) is 5.98. The van der Waals surface area contributed by atoms with Crippen LogP contribution in [0.1, 0.15) is 56.8 Å². The molecule has 2 aromatic rings. The molecule has 0 bridgehead atoms. The van der Waals surface area contributed by atoms with Crippen molar-refractivity contribution in [1.82, 2.24) is 15.0 Å². The lowest BCUT2D eigenvalue weighted by Gasteiger charge is -2.14. The number of Topliss-reactive ketones (excluding diaryl/α,β-unsaturated/α-hetero) is 1. The van der Waals surface area contributed by atoms with E-state index in [0.717, 1.165) is 6.42 Å². The molecule has 2 aromatic heterocycles. The number of furan rings is 1. The fourth-order valence-electron chi connectivity index (χ4n) is 2.84. The fraction of sp³-hybridized carbons (Fsp3) is 0.500. The Labute approximate surface area is 133 Å². The van der Waals surface area contributed by atoms with E-state index in [1.807, 2.05) is 0 Å². The van der Waals surface area contributed by atoms with Crippen molar-refractivity contribution in [2.45, 2.75) is 39.5 Å². The molecule has 0 atom stereocenters. The summed E-state index contributed by atoms with van der Waals surface area (Å²) in [5.74, 6) is 1.80. The van der Waals surface area contributed by atoms with Gasteiger partial charge in [0.15, 0.2) is 17.4 Å². The zero-order valence-corrected chi connectivity index (χ0v) is 13.5. The molecule has 7 nitrogen and oxygen atoms in total. The van der Waals surface area contributed by atoms with Crippen molar-refractivity contribution in [2.75, 3.05) is 13.6 Å². The summed E-state index contributed by atoms with van der Waals surface area (Å²) in [6, 6.07) is 0. The van der Waals surface area contributed by atoms with Gasteiger partial charge in [-0.15, -0.1) is 0 Å². The number of aryl methyl sites for hydroxylation is 2. The van der Waals surface area contributed by atoms with Gasteiger partial charge in [0.25, 0.3) is 5.91 Å². The van der Waals surface area contributed by atoms with Gasteiger partial charge >= 0.3 is 0 Å². The number of likely N-dealkylation sites (N-methyl/N-ethyl adjacent to an activating group) is 1. The SMILES string of the molecule is Cc1nc(CCN(C)C(=O)c2oc3c(c2C)C(=O)CCC3)no1. The quantitative estimate of drug-likeness (QED) is 0.858. The molecule has 0 unspecified atom stereocenters. The molecule has 0 fully saturated rings. The first kappa shape index (κ1) is 15.5. The van der Waals surface area contributed by atoms with Crippen LogP contribution in [0.15, 0.2) is 8.94 Å². The van der Waals surface area contributed by atoms with E-state index in [0.29, 0.717) is 54.4 Å². The van der Waals surface area contributed by atoms with Crippen LogP contribution in [0.4, 0.5) is 0 Å².